The van der Waals surface area contributed by atoms with Crippen LogP contribution >= 0.6 is 0 Å². The van der Waals surface area contributed by atoms with Crippen molar-refractivity contribution in [1.82, 2.24) is 0 Å². The Balaban J connectivity index is 1.41. The van der Waals surface area contributed by atoms with Gasteiger partial charge in [0.25, 0.3) is 0 Å². The molecule has 4 rings (SSSR count). The molecule has 196 valence electrons. The van der Waals surface area contributed by atoms with Crippen molar-refractivity contribution in [2.75, 3.05) is 6.61 Å². The van der Waals surface area contributed by atoms with Gasteiger partial charge >= 0.3 is 0 Å². The number of allylic oxidation sites excluding steroid dienone is 2. The molecule has 0 aromatic heterocycles. The first kappa shape index (κ1) is 27.0. The first-order chi connectivity index (χ1) is 15.6. The van der Waals surface area contributed by atoms with Crippen molar-refractivity contribution in [3.8, 4) is 0 Å². The summed E-state index contributed by atoms with van der Waals surface area (Å²) in [5, 5.41) is 0.321. The fourth-order valence-corrected chi connectivity index (χ4v) is 10.7. The molecule has 2 heteroatoms. The van der Waals surface area contributed by atoms with Crippen LogP contribution in [-0.2, 0) is 4.43 Å². The number of fused-ring (bicyclic) bond motifs is 5. The van der Waals surface area contributed by atoms with Gasteiger partial charge in [-0.3, -0.25) is 0 Å². The zero-order chi connectivity index (χ0) is 25.2. The molecular weight excluding hydrogens is 428 g/mol. The summed E-state index contributed by atoms with van der Waals surface area (Å²) in [4.78, 5) is 0. The van der Waals surface area contributed by atoms with Gasteiger partial charge in [-0.1, -0.05) is 73.5 Å². The minimum atomic E-state index is -1.61. The van der Waals surface area contributed by atoms with E-state index in [0.29, 0.717) is 21.3 Å². The van der Waals surface area contributed by atoms with E-state index in [1.54, 1.807) is 0 Å². The van der Waals surface area contributed by atoms with Gasteiger partial charge in [-0.25, -0.2) is 0 Å². The van der Waals surface area contributed by atoms with Crippen molar-refractivity contribution in [1.29, 1.82) is 0 Å². The fourth-order valence-electron chi connectivity index (χ4n) is 9.62. The molecule has 0 radical (unpaired) electrons. The summed E-state index contributed by atoms with van der Waals surface area (Å²) in [6.07, 6.45) is 17.0. The van der Waals surface area contributed by atoms with Crippen LogP contribution in [0.4, 0.5) is 0 Å². The summed E-state index contributed by atoms with van der Waals surface area (Å²) in [6, 6.07) is 0. The van der Waals surface area contributed by atoms with E-state index in [2.05, 4.69) is 74.6 Å². The highest BCUT2D eigenvalue weighted by molar-refractivity contribution is 6.74. The van der Waals surface area contributed by atoms with Crippen molar-refractivity contribution in [3.63, 3.8) is 0 Å². The topological polar surface area (TPSA) is 9.23 Å². The molecule has 4 aliphatic rings. The lowest BCUT2D eigenvalue weighted by Crippen LogP contribution is -2.52. The van der Waals surface area contributed by atoms with Crippen LogP contribution < -0.4 is 0 Å². The summed E-state index contributed by atoms with van der Waals surface area (Å²) < 4.78 is 6.52. The highest BCUT2D eigenvalue weighted by Gasteiger charge is 2.60. The van der Waals surface area contributed by atoms with Gasteiger partial charge < -0.3 is 4.43 Å². The van der Waals surface area contributed by atoms with Crippen LogP contribution in [0.3, 0.4) is 0 Å². The van der Waals surface area contributed by atoms with E-state index in [1.165, 1.54) is 64.2 Å². The molecule has 4 aliphatic carbocycles. The van der Waals surface area contributed by atoms with Gasteiger partial charge in [-0.15, -0.1) is 0 Å². The summed E-state index contributed by atoms with van der Waals surface area (Å²) in [6.45, 7) is 25.9. The normalized spacial score (nSPS) is 40.7. The van der Waals surface area contributed by atoms with Gasteiger partial charge in [0.2, 0.25) is 0 Å². The minimum Gasteiger partial charge on any atom is -0.417 e. The Labute approximate surface area is 214 Å². The molecule has 0 aromatic carbocycles. The molecule has 0 spiro atoms. The number of hydrogen-bond acceptors (Lipinski definition) is 1. The molecule has 0 saturated heterocycles. The lowest BCUT2D eigenvalue weighted by Gasteiger charge is -2.60. The van der Waals surface area contributed by atoms with Crippen molar-refractivity contribution in [2.45, 2.75) is 138 Å². The zero-order valence-corrected chi connectivity index (χ0v) is 25.7. The maximum atomic E-state index is 6.52. The Bertz CT molecular complexity index is 772. The molecule has 0 N–H and O–H groups in total. The Morgan fingerprint density at radius 1 is 1.00 bits per heavy atom. The van der Waals surface area contributed by atoms with Crippen molar-refractivity contribution in [3.05, 3.63) is 11.6 Å². The molecule has 0 aromatic rings. The first-order valence-corrected chi connectivity index (χ1v) is 17.9. The van der Waals surface area contributed by atoms with E-state index in [4.69, 9.17) is 4.43 Å². The van der Waals surface area contributed by atoms with Gasteiger partial charge in [0.05, 0.1) is 0 Å². The van der Waals surface area contributed by atoms with E-state index in [1.807, 2.05) is 5.57 Å². The van der Waals surface area contributed by atoms with Crippen LogP contribution in [0.2, 0.25) is 18.1 Å². The molecule has 0 amide bonds. The maximum Gasteiger partial charge on any atom is 0.191 e. The van der Waals surface area contributed by atoms with Crippen LogP contribution in [-0.4, -0.2) is 14.9 Å². The standard InChI is InChI=1S/C32H58OSi/c1-23(13-11-22-33-34(9,10)29(2,3)4)25-15-16-26-24-14-17-28-30(5,6)19-12-20-32(28,8)27(24)18-21-31(25,26)7/h17,23-27H,11-16,18-22H2,1-10H3/t23-,24+,25-,26+,27+,31-,32-/m1/s1. The van der Waals surface area contributed by atoms with Crippen molar-refractivity contribution < 1.29 is 4.43 Å². The van der Waals surface area contributed by atoms with E-state index >= 15 is 0 Å². The molecule has 34 heavy (non-hydrogen) atoms. The zero-order valence-electron chi connectivity index (χ0n) is 24.7. The van der Waals surface area contributed by atoms with Crippen LogP contribution in [0.25, 0.3) is 0 Å². The Morgan fingerprint density at radius 3 is 2.38 bits per heavy atom. The molecule has 3 saturated carbocycles. The molecule has 7 atom stereocenters. The van der Waals surface area contributed by atoms with E-state index < -0.39 is 8.32 Å². The quantitative estimate of drug-likeness (QED) is 0.206. The molecule has 3 fully saturated rings. The number of rotatable bonds is 6. The van der Waals surface area contributed by atoms with Crippen molar-refractivity contribution in [2.24, 2.45) is 45.8 Å². The van der Waals surface area contributed by atoms with Crippen LogP contribution in [0.1, 0.15) is 120 Å². The third kappa shape index (κ3) is 4.44. The Morgan fingerprint density at radius 2 is 1.71 bits per heavy atom. The second-order valence-corrected chi connectivity index (χ2v) is 20.7. The SMILES string of the molecule is C[C@H](CCCO[Si](C)(C)C(C)(C)C)[C@H]1CC[C@H]2[C@@H]3CC=C4C(C)(C)CCC[C@]4(C)[C@H]3CC[C@]12C. The molecule has 0 bridgehead atoms. The Hall–Kier alpha value is -0.0831. The Kier molecular flexibility index (Phi) is 7.17. The fraction of sp³-hybridized carbons (Fsp3) is 0.938. The predicted molar refractivity (Wildman–Crippen MR) is 151 cm³/mol. The summed E-state index contributed by atoms with van der Waals surface area (Å²) >= 11 is 0. The third-order valence-corrected chi connectivity index (χ3v) is 17.1. The smallest absolute Gasteiger partial charge is 0.191 e. The molecule has 0 heterocycles. The van der Waals surface area contributed by atoms with Crippen LogP contribution in [0.5, 0.6) is 0 Å². The monoisotopic (exact) mass is 486 g/mol. The average molecular weight is 487 g/mol. The van der Waals surface area contributed by atoms with Gasteiger partial charge in [0.15, 0.2) is 8.32 Å². The van der Waals surface area contributed by atoms with Crippen molar-refractivity contribution >= 4 is 8.32 Å². The summed E-state index contributed by atoms with van der Waals surface area (Å²) in [5.41, 5.74) is 3.34. The molecule has 0 aliphatic heterocycles. The summed E-state index contributed by atoms with van der Waals surface area (Å²) in [5.74, 6) is 4.61. The van der Waals surface area contributed by atoms with Gasteiger partial charge in [0.1, 0.15) is 0 Å². The lowest BCUT2D eigenvalue weighted by atomic mass is 9.44. The predicted octanol–water partition coefficient (Wildman–Crippen LogP) is 10.0. The van der Waals surface area contributed by atoms with Gasteiger partial charge in [-0.05, 0) is 122 Å². The van der Waals surface area contributed by atoms with Gasteiger partial charge in [-0.2, -0.15) is 0 Å². The minimum absolute atomic E-state index is 0.321. The largest absolute Gasteiger partial charge is 0.417 e. The highest BCUT2D eigenvalue weighted by Crippen LogP contribution is 2.68. The van der Waals surface area contributed by atoms with E-state index in [0.717, 1.165) is 36.2 Å². The average Bonchev–Trinajstić information content (AvgIpc) is 3.07. The second-order valence-electron chi connectivity index (χ2n) is 15.8. The van der Waals surface area contributed by atoms with Crippen LogP contribution in [0, 0.1) is 45.8 Å². The number of hydrogen-bond donors (Lipinski definition) is 0. The maximum absolute atomic E-state index is 6.52. The lowest BCUT2D eigenvalue weighted by molar-refractivity contribution is -0.0581. The highest BCUT2D eigenvalue weighted by atomic mass is 28.4. The second kappa shape index (κ2) is 9.04. The molecular formula is C32H58OSi. The summed E-state index contributed by atoms with van der Waals surface area (Å²) in [7, 11) is -1.61. The van der Waals surface area contributed by atoms with Crippen LogP contribution in [0.15, 0.2) is 11.6 Å². The molecule has 1 nitrogen and oxygen atoms in total. The first-order valence-electron chi connectivity index (χ1n) is 15.0. The molecule has 0 unspecified atom stereocenters. The van der Waals surface area contributed by atoms with E-state index in [9.17, 15) is 0 Å². The van der Waals surface area contributed by atoms with E-state index in [-0.39, 0.29) is 0 Å². The van der Waals surface area contributed by atoms with Gasteiger partial charge in [0, 0.05) is 6.61 Å². The third-order valence-electron chi connectivity index (χ3n) is 12.5.